The molecule has 0 amide bonds. The van der Waals surface area contributed by atoms with Crippen LogP contribution < -0.4 is 0 Å². The Morgan fingerprint density at radius 2 is 1.90 bits per heavy atom. The van der Waals surface area contributed by atoms with Crippen molar-refractivity contribution in [2.75, 3.05) is 23.0 Å². The molecule has 0 bridgehead atoms. The zero-order chi connectivity index (χ0) is 7.66. The molecule has 0 aliphatic heterocycles. The second-order valence-electron chi connectivity index (χ2n) is 1.84. The zero-order valence-corrected chi connectivity index (χ0v) is 8.43. The van der Waals surface area contributed by atoms with Gasteiger partial charge in [-0.25, -0.2) is 0 Å². The van der Waals surface area contributed by atoms with Crippen molar-refractivity contribution < 1.29 is 0 Å². The van der Waals surface area contributed by atoms with Crippen LogP contribution in [0.3, 0.4) is 0 Å². The van der Waals surface area contributed by atoms with Gasteiger partial charge in [0.2, 0.25) is 0 Å². The summed E-state index contributed by atoms with van der Waals surface area (Å²) in [5, 5.41) is 0. The van der Waals surface area contributed by atoms with E-state index in [0.717, 1.165) is 0 Å². The van der Waals surface area contributed by atoms with E-state index < -0.39 is 0 Å². The third kappa shape index (κ3) is 8.44. The first-order valence-electron chi connectivity index (χ1n) is 3.68. The van der Waals surface area contributed by atoms with E-state index in [1.807, 2.05) is 23.5 Å². The number of hydrogen-bond donors (Lipinski definition) is 0. The highest BCUT2D eigenvalue weighted by atomic mass is 32.2. The largest absolute Gasteiger partial charge is 0.161 e. The quantitative estimate of drug-likeness (QED) is 0.451. The van der Waals surface area contributed by atoms with Crippen LogP contribution in [0, 0.1) is 0 Å². The molecular weight excluding hydrogens is 160 g/mol. The van der Waals surface area contributed by atoms with Crippen LogP contribution in [0.15, 0.2) is 12.2 Å². The van der Waals surface area contributed by atoms with Crippen molar-refractivity contribution in [3.05, 3.63) is 12.2 Å². The predicted octanol–water partition coefficient (Wildman–Crippen LogP) is 3.05. The Bertz CT molecular complexity index is 79.3. The number of hydrogen-bond acceptors (Lipinski definition) is 2. The molecule has 0 radical (unpaired) electrons. The molecule has 0 rings (SSSR count). The Morgan fingerprint density at radius 3 is 2.50 bits per heavy atom. The summed E-state index contributed by atoms with van der Waals surface area (Å²) in [6.45, 7) is 4.28. The normalized spacial score (nSPS) is 11.0. The molecule has 0 N–H and O–H groups in total. The molecule has 0 fully saturated rings. The highest BCUT2D eigenvalue weighted by Crippen LogP contribution is 2.05. The third-order valence-electron chi connectivity index (χ3n) is 1.03. The fourth-order valence-electron chi connectivity index (χ4n) is 0.510. The molecule has 2 heteroatoms. The van der Waals surface area contributed by atoms with Gasteiger partial charge in [0.15, 0.2) is 0 Å². The van der Waals surface area contributed by atoms with E-state index in [1.54, 1.807) is 0 Å². The summed E-state index contributed by atoms with van der Waals surface area (Å²) in [5.74, 6) is 5.03. The van der Waals surface area contributed by atoms with Gasteiger partial charge in [-0.15, -0.1) is 0 Å². The van der Waals surface area contributed by atoms with E-state index in [0.29, 0.717) is 0 Å². The monoisotopic (exact) mass is 176 g/mol. The van der Waals surface area contributed by atoms with Crippen LogP contribution in [-0.2, 0) is 0 Å². The molecule has 0 aliphatic carbocycles. The fraction of sp³-hybridized carbons (Fsp3) is 0.750. The molecule has 0 aromatic rings. The van der Waals surface area contributed by atoms with Crippen molar-refractivity contribution >= 4 is 23.5 Å². The van der Waals surface area contributed by atoms with Crippen LogP contribution in [-0.4, -0.2) is 23.0 Å². The second-order valence-corrected chi connectivity index (χ2v) is 4.38. The molecule has 0 atom stereocenters. The molecule has 0 aromatic carbocycles. The molecule has 0 saturated carbocycles. The van der Waals surface area contributed by atoms with Gasteiger partial charge in [-0.3, -0.25) is 0 Å². The van der Waals surface area contributed by atoms with E-state index in [2.05, 4.69) is 26.0 Å². The van der Waals surface area contributed by atoms with Gasteiger partial charge in [-0.2, -0.15) is 23.5 Å². The van der Waals surface area contributed by atoms with Crippen molar-refractivity contribution in [1.82, 2.24) is 0 Å². The minimum Gasteiger partial charge on any atom is -0.161 e. The molecular formula is C8H16S2. The molecule has 60 valence electrons. The van der Waals surface area contributed by atoms with Crippen molar-refractivity contribution in [2.45, 2.75) is 13.8 Å². The first-order valence-corrected chi connectivity index (χ1v) is 5.99. The average Bonchev–Trinajstić information content (AvgIpc) is 1.97. The summed E-state index contributed by atoms with van der Waals surface area (Å²) < 4.78 is 0. The minimum absolute atomic E-state index is 1.18. The lowest BCUT2D eigenvalue weighted by atomic mass is 10.6. The lowest BCUT2D eigenvalue weighted by Gasteiger charge is -1.95. The van der Waals surface area contributed by atoms with Gasteiger partial charge in [0.1, 0.15) is 0 Å². The van der Waals surface area contributed by atoms with Crippen LogP contribution in [0.25, 0.3) is 0 Å². The Balaban J connectivity index is 2.77. The summed E-state index contributed by atoms with van der Waals surface area (Å²) in [4.78, 5) is 0. The summed E-state index contributed by atoms with van der Waals surface area (Å²) in [6.07, 6.45) is 4.32. The molecule has 0 saturated heterocycles. The van der Waals surface area contributed by atoms with Crippen LogP contribution in [0.5, 0.6) is 0 Å². The molecule has 10 heavy (non-hydrogen) atoms. The summed E-state index contributed by atoms with van der Waals surface area (Å²) in [7, 11) is 0. The van der Waals surface area contributed by atoms with Gasteiger partial charge in [0.25, 0.3) is 0 Å². The van der Waals surface area contributed by atoms with Gasteiger partial charge >= 0.3 is 0 Å². The van der Waals surface area contributed by atoms with Gasteiger partial charge in [-0.05, 0) is 12.7 Å². The summed E-state index contributed by atoms with van der Waals surface area (Å²) in [6, 6.07) is 0. The lowest BCUT2D eigenvalue weighted by Crippen LogP contribution is -1.84. The molecule has 0 unspecified atom stereocenters. The van der Waals surface area contributed by atoms with Crippen LogP contribution in [0.1, 0.15) is 13.8 Å². The lowest BCUT2D eigenvalue weighted by molar-refractivity contribution is 1.47. The van der Waals surface area contributed by atoms with E-state index in [9.17, 15) is 0 Å². The van der Waals surface area contributed by atoms with E-state index in [1.165, 1.54) is 23.0 Å². The van der Waals surface area contributed by atoms with Crippen molar-refractivity contribution in [1.29, 1.82) is 0 Å². The van der Waals surface area contributed by atoms with Crippen LogP contribution >= 0.6 is 23.5 Å². The number of allylic oxidation sites excluding steroid dienone is 1. The Hall–Kier alpha value is 0.440. The maximum Gasteiger partial charge on any atom is 0.0113 e. The highest BCUT2D eigenvalue weighted by molar-refractivity contribution is 8.02. The fourth-order valence-corrected chi connectivity index (χ4v) is 2.24. The second kappa shape index (κ2) is 9.44. The maximum atomic E-state index is 2.21. The Kier molecular flexibility index (Phi) is 9.86. The highest BCUT2D eigenvalue weighted by Gasteiger charge is 1.84. The third-order valence-corrected chi connectivity index (χ3v) is 3.11. The molecule has 0 aromatic heterocycles. The van der Waals surface area contributed by atoms with Crippen molar-refractivity contribution in [3.63, 3.8) is 0 Å². The van der Waals surface area contributed by atoms with Crippen molar-refractivity contribution in [2.24, 2.45) is 0 Å². The van der Waals surface area contributed by atoms with Crippen LogP contribution in [0.2, 0.25) is 0 Å². The first-order chi connectivity index (χ1) is 4.91. The van der Waals surface area contributed by atoms with Gasteiger partial charge in [-0.1, -0.05) is 19.1 Å². The van der Waals surface area contributed by atoms with Crippen molar-refractivity contribution in [3.8, 4) is 0 Å². The zero-order valence-electron chi connectivity index (χ0n) is 6.80. The smallest absolute Gasteiger partial charge is 0.0113 e. The minimum atomic E-state index is 1.18. The first kappa shape index (κ1) is 10.4. The van der Waals surface area contributed by atoms with E-state index >= 15 is 0 Å². The number of thioether (sulfide) groups is 2. The summed E-state index contributed by atoms with van der Waals surface area (Å²) >= 11 is 4.03. The molecule has 0 nitrogen and oxygen atoms in total. The average molecular weight is 176 g/mol. The van der Waals surface area contributed by atoms with E-state index in [-0.39, 0.29) is 0 Å². The molecule has 0 aliphatic rings. The number of rotatable bonds is 6. The standard InChI is InChI=1S/C8H16S2/c1-3-5-6-10-8-7-9-4-2/h3,5H,4,6-8H2,1-2H3/b5-3+. The van der Waals surface area contributed by atoms with Gasteiger partial charge in [0, 0.05) is 17.3 Å². The topological polar surface area (TPSA) is 0 Å². The molecule has 0 spiro atoms. The predicted molar refractivity (Wildman–Crippen MR) is 55.1 cm³/mol. The Labute approximate surface area is 72.9 Å². The Morgan fingerprint density at radius 1 is 1.20 bits per heavy atom. The van der Waals surface area contributed by atoms with Gasteiger partial charge in [0.05, 0.1) is 0 Å². The van der Waals surface area contributed by atoms with Gasteiger partial charge < -0.3 is 0 Å². The van der Waals surface area contributed by atoms with Crippen LogP contribution in [0.4, 0.5) is 0 Å². The SMILES string of the molecule is C/C=C/CSCCSCC. The summed E-state index contributed by atoms with van der Waals surface area (Å²) in [5.41, 5.74) is 0. The maximum absolute atomic E-state index is 2.21. The molecule has 0 heterocycles. The van der Waals surface area contributed by atoms with E-state index in [4.69, 9.17) is 0 Å².